The summed E-state index contributed by atoms with van der Waals surface area (Å²) in [6.07, 6.45) is 1.39. The van der Waals surface area contributed by atoms with E-state index < -0.39 is 17.6 Å². The molecule has 0 saturated heterocycles. The number of ether oxygens (including phenoxy) is 1. The van der Waals surface area contributed by atoms with Gasteiger partial charge in [-0.25, -0.2) is 9.82 Å². The molecule has 4 rings (SSSR count). The van der Waals surface area contributed by atoms with Crippen LogP contribution >= 0.6 is 23.2 Å². The Balaban J connectivity index is 1.32. The first-order valence-electron chi connectivity index (χ1n) is 9.88. The van der Waals surface area contributed by atoms with Gasteiger partial charge in [-0.05, 0) is 60.2 Å². The molecule has 7 nitrogen and oxygen atoms in total. The predicted octanol–water partition coefficient (Wildman–Crippen LogP) is 5.66. The number of anilines is 1. The molecule has 0 atom stereocenters. The zero-order chi connectivity index (χ0) is 24.1. The Morgan fingerprint density at radius 1 is 1.06 bits per heavy atom. The number of furan rings is 1. The van der Waals surface area contributed by atoms with Gasteiger partial charge in [0.25, 0.3) is 5.91 Å². The van der Waals surface area contributed by atoms with Gasteiger partial charge in [0.2, 0.25) is 0 Å². The van der Waals surface area contributed by atoms with Gasteiger partial charge in [-0.1, -0.05) is 35.3 Å². The van der Waals surface area contributed by atoms with Crippen LogP contribution < -0.4 is 15.5 Å². The number of carbonyl (C=O) groups is 2. The summed E-state index contributed by atoms with van der Waals surface area (Å²) in [4.78, 5) is 24.2. The summed E-state index contributed by atoms with van der Waals surface area (Å²) in [5.41, 5.74) is 3.53. The second-order valence-electron chi connectivity index (χ2n) is 7.00. The van der Waals surface area contributed by atoms with E-state index in [9.17, 15) is 14.0 Å². The van der Waals surface area contributed by atoms with Crippen molar-refractivity contribution in [2.45, 2.75) is 0 Å². The molecule has 3 aromatic carbocycles. The fraction of sp³-hybridized carbons (Fsp3) is 0.0417. The van der Waals surface area contributed by atoms with Crippen LogP contribution in [-0.4, -0.2) is 24.6 Å². The largest absolute Gasteiger partial charge is 0.482 e. The molecule has 0 unspecified atom stereocenters. The van der Waals surface area contributed by atoms with Crippen molar-refractivity contribution >= 4 is 57.9 Å². The smallest absolute Gasteiger partial charge is 0.307 e. The summed E-state index contributed by atoms with van der Waals surface area (Å²) in [5, 5.41) is 7.77. The molecular formula is C24H16Cl2FN3O4. The van der Waals surface area contributed by atoms with E-state index in [4.69, 9.17) is 32.4 Å². The third kappa shape index (κ3) is 5.72. The van der Waals surface area contributed by atoms with Gasteiger partial charge < -0.3 is 14.5 Å². The zero-order valence-corrected chi connectivity index (χ0v) is 18.9. The van der Waals surface area contributed by atoms with Crippen molar-refractivity contribution in [1.82, 2.24) is 5.43 Å². The molecule has 1 heterocycles. The van der Waals surface area contributed by atoms with Crippen LogP contribution in [0.2, 0.25) is 10.0 Å². The number of amides is 2. The van der Waals surface area contributed by atoms with Crippen molar-refractivity contribution in [3.63, 3.8) is 0 Å². The Kier molecular flexibility index (Phi) is 7.10. The SMILES string of the molecule is O=C(COc1ccc(/C=N\NC(=O)c2cc3cc(Cl)ccc3o2)cc1Cl)Nc1ccccc1F. The minimum absolute atomic E-state index is 0.0576. The number of carbonyl (C=O) groups excluding carboxylic acids is 2. The molecule has 0 radical (unpaired) electrons. The van der Waals surface area contributed by atoms with E-state index in [2.05, 4.69) is 15.8 Å². The number of hydrazone groups is 1. The second-order valence-corrected chi connectivity index (χ2v) is 7.84. The van der Waals surface area contributed by atoms with Crippen LogP contribution in [0, 0.1) is 5.82 Å². The van der Waals surface area contributed by atoms with E-state index in [1.807, 2.05) is 0 Å². The molecule has 0 fully saturated rings. The highest BCUT2D eigenvalue weighted by atomic mass is 35.5. The van der Waals surface area contributed by atoms with Crippen molar-refractivity contribution in [1.29, 1.82) is 0 Å². The summed E-state index contributed by atoms with van der Waals surface area (Å²) in [6, 6.07) is 17.1. The average molecular weight is 500 g/mol. The van der Waals surface area contributed by atoms with Crippen LogP contribution in [-0.2, 0) is 4.79 Å². The van der Waals surface area contributed by atoms with Crippen LogP contribution in [0.25, 0.3) is 11.0 Å². The average Bonchev–Trinajstić information content (AvgIpc) is 3.23. The first-order valence-corrected chi connectivity index (χ1v) is 10.6. The first-order chi connectivity index (χ1) is 16.4. The molecule has 172 valence electrons. The number of hydrogen-bond acceptors (Lipinski definition) is 5. The normalized spacial score (nSPS) is 11.0. The van der Waals surface area contributed by atoms with E-state index >= 15 is 0 Å². The topological polar surface area (TPSA) is 92.9 Å². The van der Waals surface area contributed by atoms with E-state index in [1.54, 1.807) is 48.5 Å². The van der Waals surface area contributed by atoms with Gasteiger partial charge in [0, 0.05) is 10.4 Å². The van der Waals surface area contributed by atoms with Crippen molar-refractivity contribution in [3.05, 3.63) is 93.9 Å². The highest BCUT2D eigenvalue weighted by Gasteiger charge is 2.12. The summed E-state index contributed by atoms with van der Waals surface area (Å²) < 4.78 is 24.5. The van der Waals surface area contributed by atoms with Gasteiger partial charge in [0.1, 0.15) is 17.1 Å². The number of halogens is 3. The summed E-state index contributed by atoms with van der Waals surface area (Å²) in [7, 11) is 0. The van der Waals surface area contributed by atoms with Gasteiger partial charge in [-0.15, -0.1) is 0 Å². The second kappa shape index (κ2) is 10.4. The van der Waals surface area contributed by atoms with Gasteiger partial charge in [0.05, 0.1) is 16.9 Å². The van der Waals surface area contributed by atoms with Gasteiger partial charge >= 0.3 is 5.91 Å². The Hall–Kier alpha value is -3.88. The van der Waals surface area contributed by atoms with Crippen molar-refractivity contribution in [2.75, 3.05) is 11.9 Å². The van der Waals surface area contributed by atoms with Crippen LogP contribution in [0.15, 0.2) is 76.2 Å². The molecule has 2 N–H and O–H groups in total. The maximum Gasteiger partial charge on any atom is 0.307 e. The first kappa shape index (κ1) is 23.3. The van der Waals surface area contributed by atoms with Crippen molar-refractivity contribution < 1.29 is 23.1 Å². The minimum Gasteiger partial charge on any atom is -0.482 e. The third-order valence-corrected chi connectivity index (χ3v) is 5.07. The number of rotatable bonds is 7. The lowest BCUT2D eigenvalue weighted by Crippen LogP contribution is -2.20. The van der Waals surface area contributed by atoms with E-state index in [-0.39, 0.29) is 28.8 Å². The molecule has 0 bridgehead atoms. The Morgan fingerprint density at radius 2 is 1.88 bits per heavy atom. The fourth-order valence-electron chi connectivity index (χ4n) is 2.95. The van der Waals surface area contributed by atoms with E-state index in [0.29, 0.717) is 21.6 Å². The molecule has 0 aliphatic carbocycles. The Labute approximate surface area is 203 Å². The lowest BCUT2D eigenvalue weighted by molar-refractivity contribution is -0.118. The molecule has 10 heteroatoms. The predicted molar refractivity (Wildman–Crippen MR) is 128 cm³/mol. The monoisotopic (exact) mass is 499 g/mol. The molecule has 1 aromatic heterocycles. The maximum absolute atomic E-state index is 13.6. The number of nitrogens with zero attached hydrogens (tertiary/aromatic N) is 1. The molecule has 0 aliphatic rings. The standard InChI is InChI=1S/C24H16Cl2FN3O4/c25-16-6-8-20-15(10-16)11-22(34-20)24(32)30-28-12-14-5-7-21(17(26)9-14)33-13-23(31)29-19-4-2-1-3-18(19)27/h1-12H,13H2,(H,29,31)(H,30,32)/b28-12-. The summed E-state index contributed by atoms with van der Waals surface area (Å²) >= 11 is 12.1. The number of nitrogens with one attached hydrogen (secondary N) is 2. The van der Waals surface area contributed by atoms with Gasteiger partial charge in [-0.2, -0.15) is 5.10 Å². The quantitative estimate of drug-likeness (QED) is 0.253. The molecule has 34 heavy (non-hydrogen) atoms. The highest BCUT2D eigenvalue weighted by Crippen LogP contribution is 2.25. The van der Waals surface area contributed by atoms with Crippen LogP contribution in [0.3, 0.4) is 0 Å². The molecular weight excluding hydrogens is 484 g/mol. The lowest BCUT2D eigenvalue weighted by atomic mass is 10.2. The molecule has 0 saturated carbocycles. The fourth-order valence-corrected chi connectivity index (χ4v) is 3.38. The number of para-hydroxylation sites is 1. The maximum atomic E-state index is 13.6. The number of hydrogen-bond donors (Lipinski definition) is 2. The number of benzene rings is 3. The molecule has 0 spiro atoms. The molecule has 0 aliphatic heterocycles. The lowest BCUT2D eigenvalue weighted by Gasteiger charge is -2.09. The van der Waals surface area contributed by atoms with Crippen LogP contribution in [0.5, 0.6) is 5.75 Å². The van der Waals surface area contributed by atoms with Gasteiger partial charge in [-0.3, -0.25) is 9.59 Å². The Bertz CT molecular complexity index is 1400. The van der Waals surface area contributed by atoms with E-state index in [1.165, 1.54) is 24.4 Å². The highest BCUT2D eigenvalue weighted by molar-refractivity contribution is 6.32. The third-order valence-electron chi connectivity index (χ3n) is 4.54. The van der Waals surface area contributed by atoms with Crippen molar-refractivity contribution in [3.8, 4) is 5.75 Å². The zero-order valence-electron chi connectivity index (χ0n) is 17.3. The summed E-state index contributed by atoms with van der Waals surface area (Å²) in [5.74, 6) is -1.27. The minimum atomic E-state index is -0.547. The van der Waals surface area contributed by atoms with Crippen LogP contribution in [0.1, 0.15) is 16.1 Å². The summed E-state index contributed by atoms with van der Waals surface area (Å²) in [6.45, 7) is -0.361. The Morgan fingerprint density at radius 3 is 2.68 bits per heavy atom. The van der Waals surface area contributed by atoms with E-state index in [0.717, 1.165) is 0 Å². The van der Waals surface area contributed by atoms with Crippen molar-refractivity contribution in [2.24, 2.45) is 5.10 Å². The van der Waals surface area contributed by atoms with Crippen LogP contribution in [0.4, 0.5) is 10.1 Å². The van der Waals surface area contributed by atoms with Gasteiger partial charge in [0.15, 0.2) is 12.4 Å². The number of fused-ring (bicyclic) bond motifs is 1. The molecule has 4 aromatic rings. The molecule has 2 amide bonds.